The van der Waals surface area contributed by atoms with E-state index in [1.54, 1.807) is 0 Å². The molecule has 0 atom stereocenters. The largest absolute Gasteiger partial charge is 0.0617 e. The monoisotopic (exact) mass is 278 g/mol. The van der Waals surface area contributed by atoms with Crippen molar-refractivity contribution in [3.63, 3.8) is 0 Å². The number of hydrogen-bond acceptors (Lipinski definition) is 0. The van der Waals surface area contributed by atoms with E-state index >= 15 is 0 Å². The van der Waals surface area contributed by atoms with E-state index in [1.807, 2.05) is 0 Å². The Morgan fingerprint density at radius 2 is 1.33 bits per heavy atom. The molecule has 0 bridgehead atoms. The number of aryl methyl sites for hydroxylation is 4. The fraction of sp³-hybridized carbons (Fsp3) is 0.333. The van der Waals surface area contributed by atoms with Gasteiger partial charge in [-0.3, -0.25) is 0 Å². The Labute approximate surface area is 129 Å². The Bertz CT molecular complexity index is 614. The molecular weight excluding hydrogens is 252 g/mol. The highest BCUT2D eigenvalue weighted by Crippen LogP contribution is 2.21. The lowest BCUT2D eigenvalue weighted by atomic mass is 9.95. The van der Waals surface area contributed by atoms with Crippen molar-refractivity contribution in [1.82, 2.24) is 0 Å². The van der Waals surface area contributed by atoms with Crippen LogP contribution in [-0.4, -0.2) is 0 Å². The Balaban J connectivity index is 2.42. The van der Waals surface area contributed by atoms with Gasteiger partial charge in [-0.25, -0.2) is 0 Å². The van der Waals surface area contributed by atoms with E-state index in [9.17, 15) is 0 Å². The van der Waals surface area contributed by atoms with Crippen LogP contribution in [0.15, 0.2) is 30.3 Å². The van der Waals surface area contributed by atoms with Gasteiger partial charge in [-0.05, 0) is 72.6 Å². The van der Waals surface area contributed by atoms with Crippen molar-refractivity contribution in [3.8, 4) is 0 Å². The van der Waals surface area contributed by atoms with E-state index in [2.05, 4.69) is 77.1 Å². The summed E-state index contributed by atoms with van der Waals surface area (Å²) in [4.78, 5) is 0. The molecule has 0 aliphatic heterocycles. The molecule has 0 fully saturated rings. The summed E-state index contributed by atoms with van der Waals surface area (Å²) in [6.07, 6.45) is 6.72. The van der Waals surface area contributed by atoms with E-state index in [0.29, 0.717) is 0 Å². The van der Waals surface area contributed by atoms with Gasteiger partial charge in [-0.1, -0.05) is 56.3 Å². The first-order valence-electron chi connectivity index (χ1n) is 7.93. The predicted molar refractivity (Wildman–Crippen MR) is 94.8 cm³/mol. The molecular formula is C21H26. The van der Waals surface area contributed by atoms with Gasteiger partial charge in [0.1, 0.15) is 0 Å². The van der Waals surface area contributed by atoms with Crippen LogP contribution in [0.4, 0.5) is 0 Å². The first-order valence-corrected chi connectivity index (χ1v) is 7.93. The summed E-state index contributed by atoms with van der Waals surface area (Å²) >= 11 is 0. The molecule has 0 heterocycles. The fourth-order valence-electron chi connectivity index (χ4n) is 2.97. The lowest BCUT2D eigenvalue weighted by molar-refractivity contribution is 1.04. The third-order valence-corrected chi connectivity index (χ3v) is 4.39. The first-order chi connectivity index (χ1) is 10.1. The molecule has 0 aliphatic carbocycles. The van der Waals surface area contributed by atoms with E-state index in [0.717, 1.165) is 12.8 Å². The van der Waals surface area contributed by atoms with Gasteiger partial charge in [-0.15, -0.1) is 0 Å². The maximum absolute atomic E-state index is 2.33. The van der Waals surface area contributed by atoms with Crippen molar-refractivity contribution in [3.05, 3.63) is 69.3 Å². The lowest BCUT2D eigenvalue weighted by Crippen LogP contribution is -1.95. The molecule has 2 rings (SSSR count). The normalized spacial score (nSPS) is 11.3. The Morgan fingerprint density at radius 1 is 0.810 bits per heavy atom. The highest BCUT2D eigenvalue weighted by molar-refractivity contribution is 5.73. The highest BCUT2D eigenvalue weighted by Gasteiger charge is 2.04. The van der Waals surface area contributed by atoms with Gasteiger partial charge < -0.3 is 0 Å². The number of hydrogen-bond donors (Lipinski definition) is 0. The van der Waals surface area contributed by atoms with E-state index in [1.165, 1.54) is 38.9 Å². The zero-order valence-electron chi connectivity index (χ0n) is 14.0. The first kappa shape index (κ1) is 15.6. The predicted octanol–water partition coefficient (Wildman–Crippen LogP) is 5.91. The summed E-state index contributed by atoms with van der Waals surface area (Å²) in [5, 5.41) is 0. The topological polar surface area (TPSA) is 0 Å². The van der Waals surface area contributed by atoms with Gasteiger partial charge in [0.25, 0.3) is 0 Å². The molecule has 110 valence electrons. The summed E-state index contributed by atoms with van der Waals surface area (Å²) in [7, 11) is 0. The minimum absolute atomic E-state index is 1.10. The zero-order chi connectivity index (χ0) is 15.4. The van der Waals surface area contributed by atoms with Gasteiger partial charge in [0.15, 0.2) is 0 Å². The maximum Gasteiger partial charge on any atom is -0.0198 e. The van der Waals surface area contributed by atoms with Crippen LogP contribution in [-0.2, 0) is 12.8 Å². The van der Waals surface area contributed by atoms with Crippen LogP contribution in [0.25, 0.3) is 12.2 Å². The third-order valence-electron chi connectivity index (χ3n) is 4.39. The second-order valence-corrected chi connectivity index (χ2v) is 5.81. The molecule has 2 aromatic carbocycles. The van der Waals surface area contributed by atoms with Crippen molar-refractivity contribution in [2.45, 2.75) is 47.5 Å². The quantitative estimate of drug-likeness (QED) is 0.610. The van der Waals surface area contributed by atoms with E-state index in [-0.39, 0.29) is 0 Å². The molecule has 21 heavy (non-hydrogen) atoms. The molecule has 0 heteroatoms. The number of rotatable bonds is 4. The Hall–Kier alpha value is -1.82. The molecule has 0 saturated carbocycles. The summed E-state index contributed by atoms with van der Waals surface area (Å²) < 4.78 is 0. The maximum atomic E-state index is 2.33. The van der Waals surface area contributed by atoms with Gasteiger partial charge in [0.2, 0.25) is 0 Å². The molecule has 0 unspecified atom stereocenters. The number of benzene rings is 2. The second kappa shape index (κ2) is 6.76. The van der Waals surface area contributed by atoms with Crippen LogP contribution in [0.2, 0.25) is 0 Å². The average molecular weight is 278 g/mol. The van der Waals surface area contributed by atoms with Gasteiger partial charge in [0.05, 0.1) is 0 Å². The highest BCUT2D eigenvalue weighted by atomic mass is 14.1. The molecule has 0 radical (unpaired) electrons. The smallest absolute Gasteiger partial charge is 0.0198 e. The van der Waals surface area contributed by atoms with Gasteiger partial charge in [-0.2, -0.15) is 0 Å². The molecule has 0 amide bonds. The van der Waals surface area contributed by atoms with Crippen molar-refractivity contribution in [1.29, 1.82) is 0 Å². The SMILES string of the molecule is CCc1cc(C=Cc2c(C)cccc2C)cc(CC)c1C. The molecule has 0 aliphatic rings. The zero-order valence-corrected chi connectivity index (χ0v) is 14.0. The van der Waals surface area contributed by atoms with Crippen LogP contribution in [0, 0.1) is 20.8 Å². The van der Waals surface area contributed by atoms with E-state index < -0.39 is 0 Å². The second-order valence-electron chi connectivity index (χ2n) is 5.81. The van der Waals surface area contributed by atoms with Gasteiger partial charge in [0, 0.05) is 0 Å². The summed E-state index contributed by atoms with van der Waals surface area (Å²) in [5.41, 5.74) is 9.73. The van der Waals surface area contributed by atoms with Crippen LogP contribution in [0.3, 0.4) is 0 Å². The van der Waals surface area contributed by atoms with Crippen LogP contribution >= 0.6 is 0 Å². The molecule has 0 nitrogen and oxygen atoms in total. The third kappa shape index (κ3) is 3.44. The lowest BCUT2D eigenvalue weighted by Gasteiger charge is -2.11. The minimum atomic E-state index is 1.10. The Kier molecular flexibility index (Phi) is 5.01. The van der Waals surface area contributed by atoms with Crippen molar-refractivity contribution in [2.75, 3.05) is 0 Å². The molecule has 0 saturated heterocycles. The Morgan fingerprint density at radius 3 is 1.81 bits per heavy atom. The van der Waals surface area contributed by atoms with Crippen molar-refractivity contribution >= 4 is 12.2 Å². The standard InChI is InChI=1S/C21H26/c1-6-19-13-18(14-20(7-2)17(19)5)11-12-21-15(3)9-8-10-16(21)4/h8-14H,6-7H2,1-5H3. The van der Waals surface area contributed by atoms with Gasteiger partial charge >= 0.3 is 0 Å². The van der Waals surface area contributed by atoms with Crippen LogP contribution < -0.4 is 0 Å². The van der Waals surface area contributed by atoms with Crippen LogP contribution in [0.1, 0.15) is 52.8 Å². The summed E-state index contributed by atoms with van der Waals surface area (Å²) in [5.74, 6) is 0. The summed E-state index contributed by atoms with van der Waals surface area (Å²) in [6, 6.07) is 11.1. The average Bonchev–Trinajstić information content (AvgIpc) is 2.48. The van der Waals surface area contributed by atoms with Crippen molar-refractivity contribution < 1.29 is 0 Å². The van der Waals surface area contributed by atoms with Crippen LogP contribution in [0.5, 0.6) is 0 Å². The molecule has 0 spiro atoms. The van der Waals surface area contributed by atoms with Crippen molar-refractivity contribution in [2.24, 2.45) is 0 Å². The fourth-order valence-corrected chi connectivity index (χ4v) is 2.97. The summed E-state index contributed by atoms with van der Waals surface area (Å²) in [6.45, 7) is 11.1. The molecule has 0 N–H and O–H groups in total. The van der Waals surface area contributed by atoms with E-state index in [4.69, 9.17) is 0 Å². The molecule has 2 aromatic rings. The molecule has 0 aromatic heterocycles. The minimum Gasteiger partial charge on any atom is -0.0617 e.